The van der Waals surface area contributed by atoms with Gasteiger partial charge in [-0.05, 0) is 31.2 Å². The highest BCUT2D eigenvalue weighted by Gasteiger charge is 2.29. The minimum atomic E-state index is -3.48. The van der Waals surface area contributed by atoms with E-state index in [2.05, 4.69) is 20.7 Å². The monoisotopic (exact) mass is 402 g/mol. The maximum atomic E-state index is 12.8. The SMILES string of the molecule is CCNc1ccc(N2CCN(S(=O)(=O)Cc3noc4ccccc34)CC2)nn1. The first-order valence-corrected chi connectivity index (χ1v) is 10.8. The molecule has 0 spiro atoms. The summed E-state index contributed by atoms with van der Waals surface area (Å²) < 4.78 is 32.4. The lowest BCUT2D eigenvalue weighted by molar-refractivity contribution is 0.381. The molecule has 0 saturated carbocycles. The van der Waals surface area contributed by atoms with Gasteiger partial charge in [-0.2, -0.15) is 4.31 Å². The predicted molar refractivity (Wildman–Crippen MR) is 107 cm³/mol. The molecule has 2 aromatic heterocycles. The number of aromatic nitrogens is 3. The third-order valence-electron chi connectivity index (χ3n) is 4.74. The molecule has 1 aliphatic rings. The second-order valence-corrected chi connectivity index (χ2v) is 8.54. The van der Waals surface area contributed by atoms with Gasteiger partial charge in [-0.3, -0.25) is 0 Å². The zero-order valence-electron chi connectivity index (χ0n) is 15.6. The lowest BCUT2D eigenvalue weighted by Gasteiger charge is -2.34. The molecule has 0 aliphatic carbocycles. The number of fused-ring (bicyclic) bond motifs is 1. The Morgan fingerprint density at radius 3 is 2.57 bits per heavy atom. The Balaban J connectivity index is 1.41. The summed E-state index contributed by atoms with van der Waals surface area (Å²) in [5, 5.41) is 16.2. The third-order valence-corrected chi connectivity index (χ3v) is 6.53. The minimum absolute atomic E-state index is 0.165. The number of para-hydroxylation sites is 1. The number of nitrogens with zero attached hydrogens (tertiary/aromatic N) is 5. The summed E-state index contributed by atoms with van der Waals surface area (Å²) in [4.78, 5) is 2.04. The van der Waals surface area contributed by atoms with Crippen molar-refractivity contribution in [2.75, 3.05) is 42.9 Å². The minimum Gasteiger partial charge on any atom is -0.369 e. The van der Waals surface area contributed by atoms with E-state index >= 15 is 0 Å². The number of sulfonamides is 1. The van der Waals surface area contributed by atoms with E-state index in [1.807, 2.05) is 42.2 Å². The van der Waals surface area contributed by atoms with Crippen molar-refractivity contribution in [1.82, 2.24) is 19.7 Å². The molecule has 3 heterocycles. The number of nitrogens with one attached hydrogen (secondary N) is 1. The van der Waals surface area contributed by atoms with Gasteiger partial charge in [0.2, 0.25) is 10.0 Å². The lowest BCUT2D eigenvalue weighted by atomic mass is 10.2. The molecule has 1 saturated heterocycles. The van der Waals surface area contributed by atoms with Gasteiger partial charge in [0.15, 0.2) is 11.4 Å². The van der Waals surface area contributed by atoms with Crippen LogP contribution in [-0.4, -0.2) is 60.8 Å². The maximum absolute atomic E-state index is 12.8. The van der Waals surface area contributed by atoms with Crippen molar-refractivity contribution in [2.45, 2.75) is 12.7 Å². The van der Waals surface area contributed by atoms with Gasteiger partial charge in [-0.25, -0.2) is 8.42 Å². The number of rotatable bonds is 6. The molecule has 28 heavy (non-hydrogen) atoms. The first-order valence-electron chi connectivity index (χ1n) is 9.20. The predicted octanol–water partition coefficient (Wildman–Crippen LogP) is 1.70. The highest BCUT2D eigenvalue weighted by Crippen LogP contribution is 2.22. The largest absolute Gasteiger partial charge is 0.369 e. The molecule has 1 aromatic carbocycles. The van der Waals surface area contributed by atoms with Crippen molar-refractivity contribution in [2.24, 2.45) is 0 Å². The van der Waals surface area contributed by atoms with Crippen molar-refractivity contribution in [3.05, 3.63) is 42.1 Å². The first kappa shape index (κ1) is 18.6. The molecule has 1 fully saturated rings. The van der Waals surface area contributed by atoms with Crippen LogP contribution >= 0.6 is 0 Å². The second-order valence-electron chi connectivity index (χ2n) is 6.57. The van der Waals surface area contributed by atoms with Gasteiger partial charge in [0.05, 0.1) is 0 Å². The molecule has 9 nitrogen and oxygen atoms in total. The number of benzene rings is 1. The average molecular weight is 402 g/mol. The normalized spacial score (nSPS) is 15.8. The van der Waals surface area contributed by atoms with Crippen LogP contribution in [0.25, 0.3) is 11.0 Å². The van der Waals surface area contributed by atoms with Crippen LogP contribution in [0.2, 0.25) is 0 Å². The van der Waals surface area contributed by atoms with Gasteiger partial charge in [0.25, 0.3) is 0 Å². The summed E-state index contributed by atoms with van der Waals surface area (Å²) in [5.41, 5.74) is 1.04. The molecule has 10 heteroatoms. The molecule has 1 N–H and O–H groups in total. The van der Waals surface area contributed by atoms with Crippen molar-refractivity contribution in [3.8, 4) is 0 Å². The highest BCUT2D eigenvalue weighted by atomic mass is 32.2. The van der Waals surface area contributed by atoms with Gasteiger partial charge >= 0.3 is 0 Å². The van der Waals surface area contributed by atoms with Crippen LogP contribution in [-0.2, 0) is 15.8 Å². The van der Waals surface area contributed by atoms with Crippen LogP contribution < -0.4 is 10.2 Å². The van der Waals surface area contributed by atoms with E-state index in [0.29, 0.717) is 37.5 Å². The fourth-order valence-corrected chi connectivity index (χ4v) is 4.73. The second kappa shape index (κ2) is 7.72. The van der Waals surface area contributed by atoms with Crippen LogP contribution in [0.5, 0.6) is 0 Å². The van der Waals surface area contributed by atoms with Crippen LogP contribution in [0, 0.1) is 0 Å². The molecule has 148 valence electrons. The van der Waals surface area contributed by atoms with Crippen LogP contribution in [0.15, 0.2) is 40.9 Å². The summed E-state index contributed by atoms with van der Waals surface area (Å²) in [7, 11) is -3.48. The van der Waals surface area contributed by atoms with E-state index in [1.54, 1.807) is 6.07 Å². The number of anilines is 2. The number of hydrogen-bond acceptors (Lipinski definition) is 8. The molecule has 0 amide bonds. The standard InChI is InChI=1S/C18H22N6O3S/c1-2-19-17-7-8-18(21-20-17)23-9-11-24(12-10-23)28(25,26)13-15-14-5-3-4-6-16(14)27-22-15/h3-8H,2,9-13H2,1H3,(H,19,20). The van der Waals surface area contributed by atoms with E-state index in [9.17, 15) is 8.42 Å². The molecular formula is C18H22N6O3S. The van der Waals surface area contributed by atoms with E-state index < -0.39 is 10.0 Å². The van der Waals surface area contributed by atoms with Crippen molar-refractivity contribution >= 4 is 32.6 Å². The Labute approximate surface area is 163 Å². The topological polar surface area (TPSA) is 104 Å². The Kier molecular flexibility index (Phi) is 5.14. The third kappa shape index (κ3) is 3.78. The van der Waals surface area contributed by atoms with Crippen molar-refractivity contribution < 1.29 is 12.9 Å². The van der Waals surface area contributed by atoms with Gasteiger partial charge in [-0.1, -0.05) is 17.3 Å². The summed E-state index contributed by atoms with van der Waals surface area (Å²) in [5.74, 6) is 1.31. The van der Waals surface area contributed by atoms with Gasteiger partial charge in [0, 0.05) is 38.1 Å². The summed E-state index contributed by atoms with van der Waals surface area (Å²) in [6, 6.07) is 11.1. The average Bonchev–Trinajstić information content (AvgIpc) is 3.11. The zero-order valence-corrected chi connectivity index (χ0v) is 16.4. The van der Waals surface area contributed by atoms with Gasteiger partial charge in [-0.15, -0.1) is 10.2 Å². The van der Waals surface area contributed by atoms with Gasteiger partial charge in [0.1, 0.15) is 17.3 Å². The number of piperazine rings is 1. The molecule has 1 aliphatic heterocycles. The quantitative estimate of drug-likeness (QED) is 0.664. The smallest absolute Gasteiger partial charge is 0.220 e. The Hall–Kier alpha value is -2.72. The molecule has 0 unspecified atom stereocenters. The first-order chi connectivity index (χ1) is 13.6. The van der Waals surface area contributed by atoms with E-state index in [0.717, 1.165) is 23.6 Å². The van der Waals surface area contributed by atoms with E-state index in [1.165, 1.54) is 4.31 Å². The van der Waals surface area contributed by atoms with Crippen molar-refractivity contribution in [1.29, 1.82) is 0 Å². The van der Waals surface area contributed by atoms with E-state index in [4.69, 9.17) is 4.52 Å². The molecule has 0 bridgehead atoms. The van der Waals surface area contributed by atoms with E-state index in [-0.39, 0.29) is 5.75 Å². The maximum Gasteiger partial charge on any atom is 0.220 e. The fraction of sp³-hybridized carbons (Fsp3) is 0.389. The summed E-state index contributed by atoms with van der Waals surface area (Å²) >= 11 is 0. The fourth-order valence-electron chi connectivity index (χ4n) is 3.27. The molecule has 3 aromatic rings. The molecular weight excluding hydrogens is 380 g/mol. The lowest BCUT2D eigenvalue weighted by Crippen LogP contribution is -2.49. The number of hydrogen-bond donors (Lipinski definition) is 1. The molecule has 0 radical (unpaired) electrons. The molecule has 0 atom stereocenters. The Bertz CT molecular complexity index is 1040. The molecule has 4 rings (SSSR count). The summed E-state index contributed by atoms with van der Waals surface area (Å²) in [6.07, 6.45) is 0. The van der Waals surface area contributed by atoms with Gasteiger partial charge < -0.3 is 14.7 Å². The Morgan fingerprint density at radius 1 is 1.07 bits per heavy atom. The van der Waals surface area contributed by atoms with Crippen LogP contribution in [0.3, 0.4) is 0 Å². The highest BCUT2D eigenvalue weighted by molar-refractivity contribution is 7.88. The summed E-state index contributed by atoms with van der Waals surface area (Å²) in [6.45, 7) is 4.70. The van der Waals surface area contributed by atoms with Crippen LogP contribution in [0.1, 0.15) is 12.6 Å². The Morgan fingerprint density at radius 2 is 1.86 bits per heavy atom. The zero-order chi connectivity index (χ0) is 19.6. The van der Waals surface area contributed by atoms with Crippen LogP contribution in [0.4, 0.5) is 11.6 Å². The van der Waals surface area contributed by atoms with Crippen molar-refractivity contribution in [3.63, 3.8) is 0 Å².